The zero-order valence-corrected chi connectivity index (χ0v) is 18.7. The highest BCUT2D eigenvalue weighted by Gasteiger charge is 2.27. The van der Waals surface area contributed by atoms with Crippen LogP contribution in [0.25, 0.3) is 11.1 Å². The molecule has 168 valence electrons. The van der Waals surface area contributed by atoms with Gasteiger partial charge in [-0.1, -0.05) is 54.6 Å². The Morgan fingerprint density at radius 2 is 1.62 bits per heavy atom. The average molecular weight is 453 g/mol. The van der Waals surface area contributed by atoms with Gasteiger partial charge in [0, 0.05) is 25.7 Å². The van der Waals surface area contributed by atoms with Crippen molar-refractivity contribution < 1.29 is 18.3 Å². The van der Waals surface area contributed by atoms with Crippen LogP contribution in [0.3, 0.4) is 0 Å². The number of hydrogen-bond donors (Lipinski definition) is 2. The third-order valence-electron chi connectivity index (χ3n) is 5.56. The molecule has 1 atom stereocenters. The van der Waals surface area contributed by atoms with Crippen LogP contribution in [-0.4, -0.2) is 50.8 Å². The molecule has 0 saturated carbocycles. The molecule has 0 bridgehead atoms. The fourth-order valence-corrected chi connectivity index (χ4v) is 5.19. The number of aliphatic hydroxyl groups excluding tert-OH is 1. The first-order chi connectivity index (χ1) is 15.5. The lowest BCUT2D eigenvalue weighted by Gasteiger charge is -2.17. The fourth-order valence-electron chi connectivity index (χ4n) is 3.93. The molecule has 3 aromatic carbocycles. The lowest BCUT2D eigenvalue weighted by Crippen LogP contribution is -2.36. The molecule has 3 aromatic rings. The second kappa shape index (κ2) is 10.3. The third kappa shape index (κ3) is 5.75. The van der Waals surface area contributed by atoms with Crippen molar-refractivity contribution in [1.82, 2.24) is 9.62 Å². The first-order valence-electron chi connectivity index (χ1n) is 10.8. The molecule has 1 heterocycles. The van der Waals surface area contributed by atoms with Crippen molar-refractivity contribution in [3.05, 3.63) is 84.4 Å². The Morgan fingerprint density at radius 3 is 2.31 bits per heavy atom. The molecule has 0 amide bonds. The molecule has 6 nitrogen and oxygen atoms in total. The van der Waals surface area contributed by atoms with Crippen LogP contribution in [0.2, 0.25) is 0 Å². The van der Waals surface area contributed by atoms with E-state index in [2.05, 4.69) is 9.62 Å². The van der Waals surface area contributed by atoms with Crippen LogP contribution in [0.4, 0.5) is 0 Å². The van der Waals surface area contributed by atoms with E-state index in [1.807, 2.05) is 66.7 Å². The van der Waals surface area contributed by atoms with Gasteiger partial charge in [0.25, 0.3) is 0 Å². The number of nitrogens with zero attached hydrogens (tertiary/aromatic N) is 1. The molecule has 32 heavy (non-hydrogen) atoms. The maximum atomic E-state index is 12.9. The number of rotatable bonds is 9. The zero-order valence-electron chi connectivity index (χ0n) is 17.9. The van der Waals surface area contributed by atoms with Crippen LogP contribution in [0.15, 0.2) is 83.8 Å². The van der Waals surface area contributed by atoms with Gasteiger partial charge in [0.05, 0.1) is 11.5 Å². The lowest BCUT2D eigenvalue weighted by molar-refractivity contribution is 0.201. The van der Waals surface area contributed by atoms with Crippen LogP contribution in [0, 0.1) is 0 Å². The minimum atomic E-state index is -3.57. The number of nitrogens with one attached hydrogen (secondary N) is 1. The standard InChI is InChI=1S/C25H28N2O4S/c28-16-17-31-24-10-6-20(7-11-24)18-27-15-14-23(19-27)26-32(29,30)25-12-8-22(9-13-25)21-4-2-1-3-5-21/h1-13,23,26,28H,14-19H2/t23-/m1/s1. The van der Waals surface area contributed by atoms with Crippen LogP contribution in [0.5, 0.6) is 5.75 Å². The Bertz CT molecular complexity index is 1100. The highest BCUT2D eigenvalue weighted by Crippen LogP contribution is 2.22. The summed E-state index contributed by atoms with van der Waals surface area (Å²) in [4.78, 5) is 2.53. The van der Waals surface area contributed by atoms with Crippen LogP contribution in [0.1, 0.15) is 12.0 Å². The van der Waals surface area contributed by atoms with E-state index in [0.29, 0.717) is 6.54 Å². The molecule has 0 radical (unpaired) electrons. The molecule has 0 spiro atoms. The summed E-state index contributed by atoms with van der Waals surface area (Å²) in [7, 11) is -3.57. The lowest BCUT2D eigenvalue weighted by atomic mass is 10.1. The minimum Gasteiger partial charge on any atom is -0.491 e. The van der Waals surface area contributed by atoms with Gasteiger partial charge in [-0.3, -0.25) is 4.90 Å². The second-order valence-electron chi connectivity index (χ2n) is 7.95. The smallest absolute Gasteiger partial charge is 0.240 e. The molecule has 1 fully saturated rings. The number of sulfonamides is 1. The van der Waals surface area contributed by atoms with Gasteiger partial charge in [-0.15, -0.1) is 0 Å². The highest BCUT2D eigenvalue weighted by atomic mass is 32.2. The Labute approximate surface area is 189 Å². The summed E-state index contributed by atoms with van der Waals surface area (Å²) in [5.74, 6) is 0.730. The summed E-state index contributed by atoms with van der Waals surface area (Å²) < 4.78 is 34.0. The molecule has 0 aromatic heterocycles. The molecule has 1 aliphatic heterocycles. The van der Waals surface area contributed by atoms with Gasteiger partial charge >= 0.3 is 0 Å². The van der Waals surface area contributed by atoms with Crippen LogP contribution < -0.4 is 9.46 Å². The molecule has 4 rings (SSSR count). The summed E-state index contributed by atoms with van der Waals surface area (Å²) in [5, 5.41) is 8.83. The van der Waals surface area contributed by atoms with Gasteiger partial charge in [-0.05, 0) is 47.4 Å². The van der Waals surface area contributed by atoms with Crippen molar-refractivity contribution in [1.29, 1.82) is 0 Å². The molecule has 1 aliphatic rings. The highest BCUT2D eigenvalue weighted by molar-refractivity contribution is 7.89. The molecular weight excluding hydrogens is 424 g/mol. The van der Waals surface area contributed by atoms with E-state index in [1.54, 1.807) is 12.1 Å². The monoisotopic (exact) mass is 452 g/mol. The Morgan fingerprint density at radius 1 is 0.938 bits per heavy atom. The predicted molar refractivity (Wildman–Crippen MR) is 125 cm³/mol. The van der Waals surface area contributed by atoms with E-state index >= 15 is 0 Å². The number of ether oxygens (including phenoxy) is 1. The summed E-state index contributed by atoms with van der Waals surface area (Å²) >= 11 is 0. The number of hydrogen-bond acceptors (Lipinski definition) is 5. The van der Waals surface area contributed by atoms with Gasteiger partial charge in [-0.25, -0.2) is 13.1 Å². The first-order valence-corrected chi connectivity index (χ1v) is 12.2. The maximum absolute atomic E-state index is 12.9. The van der Waals surface area contributed by atoms with Crippen molar-refractivity contribution in [2.45, 2.75) is 23.9 Å². The van der Waals surface area contributed by atoms with Crippen molar-refractivity contribution in [2.24, 2.45) is 0 Å². The number of aliphatic hydroxyl groups is 1. The molecule has 7 heteroatoms. The number of likely N-dealkylation sites (tertiary alicyclic amines) is 1. The van der Waals surface area contributed by atoms with Gasteiger partial charge in [-0.2, -0.15) is 0 Å². The summed E-state index contributed by atoms with van der Waals surface area (Å²) in [6.07, 6.45) is 0.777. The summed E-state index contributed by atoms with van der Waals surface area (Å²) in [5.41, 5.74) is 3.19. The van der Waals surface area contributed by atoms with E-state index in [0.717, 1.165) is 42.0 Å². The molecule has 0 aliphatic carbocycles. The Balaban J connectivity index is 1.32. The minimum absolute atomic E-state index is 0.00992. The zero-order chi connectivity index (χ0) is 22.4. The molecule has 1 saturated heterocycles. The summed E-state index contributed by atoms with van der Waals surface area (Å²) in [6, 6.07) is 24.6. The van der Waals surface area contributed by atoms with Gasteiger partial charge in [0.1, 0.15) is 12.4 Å². The SMILES string of the molecule is O=S(=O)(N[C@@H]1CCN(Cc2ccc(OCCO)cc2)C1)c1ccc(-c2ccccc2)cc1. The topological polar surface area (TPSA) is 78.9 Å². The van der Waals surface area contributed by atoms with E-state index in [-0.39, 0.29) is 24.2 Å². The second-order valence-corrected chi connectivity index (χ2v) is 9.66. The molecule has 0 unspecified atom stereocenters. The van der Waals surface area contributed by atoms with E-state index in [4.69, 9.17) is 9.84 Å². The normalized spacial score (nSPS) is 16.8. The Kier molecular flexibility index (Phi) is 7.22. The van der Waals surface area contributed by atoms with E-state index < -0.39 is 10.0 Å². The average Bonchev–Trinajstić information content (AvgIpc) is 3.25. The van der Waals surface area contributed by atoms with Crippen LogP contribution >= 0.6 is 0 Å². The first kappa shape index (κ1) is 22.5. The molecule has 2 N–H and O–H groups in total. The predicted octanol–water partition coefficient (Wildman–Crippen LogP) is 3.28. The van der Waals surface area contributed by atoms with Crippen LogP contribution in [-0.2, 0) is 16.6 Å². The van der Waals surface area contributed by atoms with Gasteiger partial charge in [0.15, 0.2) is 0 Å². The van der Waals surface area contributed by atoms with E-state index in [9.17, 15) is 8.42 Å². The quantitative estimate of drug-likeness (QED) is 0.521. The van der Waals surface area contributed by atoms with Crippen molar-refractivity contribution in [2.75, 3.05) is 26.3 Å². The largest absolute Gasteiger partial charge is 0.491 e. The number of benzene rings is 3. The molecular formula is C25H28N2O4S. The fraction of sp³-hybridized carbons (Fsp3) is 0.280. The summed E-state index contributed by atoms with van der Waals surface area (Å²) in [6.45, 7) is 2.53. The third-order valence-corrected chi connectivity index (χ3v) is 7.09. The van der Waals surface area contributed by atoms with Gasteiger partial charge in [0.2, 0.25) is 10.0 Å². The van der Waals surface area contributed by atoms with Crippen molar-refractivity contribution in [3.63, 3.8) is 0 Å². The maximum Gasteiger partial charge on any atom is 0.240 e. The van der Waals surface area contributed by atoms with Gasteiger partial charge < -0.3 is 9.84 Å². The van der Waals surface area contributed by atoms with E-state index in [1.165, 1.54) is 0 Å². The Hall–Kier alpha value is -2.71. The van der Waals surface area contributed by atoms with Crippen molar-refractivity contribution in [3.8, 4) is 16.9 Å². The van der Waals surface area contributed by atoms with Crippen molar-refractivity contribution >= 4 is 10.0 Å².